The van der Waals surface area contributed by atoms with Crippen molar-refractivity contribution in [3.8, 4) is 0 Å². The zero-order chi connectivity index (χ0) is 13.8. The summed E-state index contributed by atoms with van der Waals surface area (Å²) in [6.07, 6.45) is 4.67. The second kappa shape index (κ2) is 6.41. The number of unbranched alkanes of at least 4 members (excludes halogenated alkanes) is 1. The van der Waals surface area contributed by atoms with E-state index in [1.807, 2.05) is 13.8 Å². The van der Waals surface area contributed by atoms with Crippen LogP contribution in [-0.2, 0) is 0 Å². The third kappa shape index (κ3) is 4.84. The Morgan fingerprint density at radius 1 is 1.44 bits per heavy atom. The Morgan fingerprint density at radius 3 is 2.56 bits per heavy atom. The van der Waals surface area contributed by atoms with Crippen LogP contribution in [0.5, 0.6) is 0 Å². The molecule has 0 saturated heterocycles. The average molecular weight is 255 g/mol. The second-order valence-electron chi connectivity index (χ2n) is 6.56. The van der Waals surface area contributed by atoms with Crippen LogP contribution in [0.1, 0.15) is 46.5 Å². The molecular weight excluding hydrogens is 226 g/mol. The van der Waals surface area contributed by atoms with Crippen LogP contribution in [0, 0.1) is 17.3 Å². The first kappa shape index (κ1) is 15.3. The monoisotopic (exact) mass is 255 g/mol. The van der Waals surface area contributed by atoms with Gasteiger partial charge in [0.1, 0.15) is 5.84 Å². The lowest BCUT2D eigenvalue weighted by Gasteiger charge is -2.23. The van der Waals surface area contributed by atoms with Crippen LogP contribution in [0.15, 0.2) is 5.16 Å². The van der Waals surface area contributed by atoms with E-state index in [-0.39, 0.29) is 5.41 Å². The molecule has 0 heterocycles. The predicted molar refractivity (Wildman–Crippen MR) is 75.8 cm³/mol. The Kier molecular flexibility index (Phi) is 5.45. The van der Waals surface area contributed by atoms with Crippen LogP contribution in [0.2, 0.25) is 0 Å². The van der Waals surface area contributed by atoms with Gasteiger partial charge in [-0.1, -0.05) is 32.3 Å². The van der Waals surface area contributed by atoms with E-state index in [1.54, 1.807) is 0 Å². The zero-order valence-electron chi connectivity index (χ0n) is 12.3. The van der Waals surface area contributed by atoms with Crippen molar-refractivity contribution in [2.24, 2.45) is 28.1 Å². The number of hydrogen-bond acceptors (Lipinski definition) is 3. The second-order valence-corrected chi connectivity index (χ2v) is 6.56. The summed E-state index contributed by atoms with van der Waals surface area (Å²) in [7, 11) is 2.21. The summed E-state index contributed by atoms with van der Waals surface area (Å²) in [5, 5.41) is 11.8. The highest BCUT2D eigenvalue weighted by Crippen LogP contribution is 2.37. The van der Waals surface area contributed by atoms with E-state index >= 15 is 0 Å². The Bertz CT molecular complexity index is 289. The van der Waals surface area contributed by atoms with Gasteiger partial charge in [-0.05, 0) is 44.7 Å². The van der Waals surface area contributed by atoms with Crippen LogP contribution in [0.25, 0.3) is 0 Å². The Labute approximate surface area is 111 Å². The summed E-state index contributed by atoms with van der Waals surface area (Å²) in [5.74, 6) is 2.21. The molecule has 1 saturated carbocycles. The average Bonchev–Trinajstić information content (AvgIpc) is 2.99. The highest BCUT2D eigenvalue weighted by atomic mass is 16.4. The van der Waals surface area contributed by atoms with E-state index in [0.717, 1.165) is 31.2 Å². The van der Waals surface area contributed by atoms with Gasteiger partial charge in [0.05, 0.1) is 0 Å². The molecule has 0 spiro atoms. The van der Waals surface area contributed by atoms with Crippen molar-refractivity contribution < 1.29 is 5.21 Å². The predicted octanol–water partition coefficient (Wildman–Crippen LogP) is 2.52. The maximum Gasteiger partial charge on any atom is 0.144 e. The van der Waals surface area contributed by atoms with Crippen LogP contribution in [0.4, 0.5) is 0 Å². The van der Waals surface area contributed by atoms with Gasteiger partial charge in [-0.3, -0.25) is 0 Å². The van der Waals surface area contributed by atoms with E-state index in [4.69, 9.17) is 10.9 Å². The summed E-state index contributed by atoms with van der Waals surface area (Å²) < 4.78 is 0. The highest BCUT2D eigenvalue weighted by molar-refractivity contribution is 5.85. The number of oxime groups is 1. The summed E-state index contributed by atoms with van der Waals surface area (Å²) in [5.41, 5.74) is 5.48. The minimum Gasteiger partial charge on any atom is -0.409 e. The molecule has 2 atom stereocenters. The van der Waals surface area contributed by atoms with E-state index in [0.29, 0.717) is 5.84 Å². The third-order valence-corrected chi connectivity index (χ3v) is 4.22. The number of nitrogens with zero attached hydrogens (tertiary/aromatic N) is 2. The molecule has 0 bridgehead atoms. The first-order chi connectivity index (χ1) is 8.36. The molecule has 0 radical (unpaired) electrons. The summed E-state index contributed by atoms with van der Waals surface area (Å²) in [6, 6.07) is 0. The molecule has 0 amide bonds. The Balaban J connectivity index is 2.10. The summed E-state index contributed by atoms with van der Waals surface area (Å²) in [6.45, 7) is 8.77. The molecule has 18 heavy (non-hydrogen) atoms. The van der Waals surface area contributed by atoms with Crippen molar-refractivity contribution in [2.75, 3.05) is 20.1 Å². The number of hydrogen-bond donors (Lipinski definition) is 2. The molecule has 4 heteroatoms. The van der Waals surface area contributed by atoms with E-state index in [2.05, 4.69) is 24.0 Å². The van der Waals surface area contributed by atoms with Crippen molar-refractivity contribution in [2.45, 2.75) is 46.5 Å². The lowest BCUT2D eigenvalue weighted by molar-refractivity contribution is 0.291. The maximum atomic E-state index is 8.70. The molecule has 2 unspecified atom stereocenters. The van der Waals surface area contributed by atoms with Gasteiger partial charge in [0, 0.05) is 12.0 Å². The van der Waals surface area contributed by atoms with Gasteiger partial charge in [-0.2, -0.15) is 0 Å². The first-order valence-electron chi connectivity index (χ1n) is 7.03. The smallest absolute Gasteiger partial charge is 0.144 e. The van der Waals surface area contributed by atoms with Gasteiger partial charge in [0.25, 0.3) is 0 Å². The fourth-order valence-corrected chi connectivity index (χ4v) is 2.36. The maximum absolute atomic E-state index is 8.70. The largest absolute Gasteiger partial charge is 0.409 e. The fraction of sp³-hybridized carbons (Fsp3) is 0.929. The summed E-state index contributed by atoms with van der Waals surface area (Å²) in [4.78, 5) is 2.44. The first-order valence-corrected chi connectivity index (χ1v) is 7.03. The Morgan fingerprint density at radius 2 is 2.06 bits per heavy atom. The van der Waals surface area contributed by atoms with Crippen molar-refractivity contribution in [1.82, 2.24) is 4.90 Å². The fourth-order valence-electron chi connectivity index (χ4n) is 2.36. The van der Waals surface area contributed by atoms with Crippen molar-refractivity contribution >= 4 is 5.84 Å². The van der Waals surface area contributed by atoms with Crippen LogP contribution in [-0.4, -0.2) is 36.1 Å². The van der Waals surface area contributed by atoms with E-state index < -0.39 is 0 Å². The van der Waals surface area contributed by atoms with Gasteiger partial charge in [0.2, 0.25) is 0 Å². The van der Waals surface area contributed by atoms with Crippen molar-refractivity contribution in [3.63, 3.8) is 0 Å². The van der Waals surface area contributed by atoms with E-state index in [9.17, 15) is 0 Å². The summed E-state index contributed by atoms with van der Waals surface area (Å²) >= 11 is 0. The number of rotatable bonds is 8. The minimum atomic E-state index is -0.196. The number of nitrogens with two attached hydrogens (primary N) is 1. The van der Waals surface area contributed by atoms with Crippen molar-refractivity contribution in [3.05, 3.63) is 0 Å². The molecule has 1 aliphatic rings. The molecule has 1 rings (SSSR count). The standard InChI is InChI=1S/C14H29N3O/c1-11-9-12(11)10-17(4)8-6-5-7-14(2,3)13(15)16-18/h11-12,18H,5-10H2,1-4H3,(H2,15,16). The van der Waals surface area contributed by atoms with Gasteiger partial charge >= 0.3 is 0 Å². The molecule has 3 N–H and O–H groups in total. The van der Waals surface area contributed by atoms with Gasteiger partial charge in [-0.25, -0.2) is 0 Å². The van der Waals surface area contributed by atoms with Gasteiger partial charge < -0.3 is 15.8 Å². The zero-order valence-corrected chi connectivity index (χ0v) is 12.3. The minimum absolute atomic E-state index is 0.196. The molecule has 106 valence electrons. The van der Waals surface area contributed by atoms with Crippen LogP contribution < -0.4 is 5.73 Å². The van der Waals surface area contributed by atoms with Gasteiger partial charge in [0.15, 0.2) is 0 Å². The lowest BCUT2D eigenvalue weighted by Crippen LogP contribution is -2.32. The van der Waals surface area contributed by atoms with Crippen LogP contribution >= 0.6 is 0 Å². The molecule has 0 aromatic heterocycles. The third-order valence-electron chi connectivity index (χ3n) is 4.22. The topological polar surface area (TPSA) is 61.8 Å². The molecule has 4 nitrogen and oxygen atoms in total. The number of amidine groups is 1. The Hall–Kier alpha value is -0.770. The quantitative estimate of drug-likeness (QED) is 0.230. The SMILES string of the molecule is CC1CC1CN(C)CCCCC(C)(C)C(N)=NO. The van der Waals surface area contributed by atoms with E-state index in [1.165, 1.54) is 19.4 Å². The lowest BCUT2D eigenvalue weighted by atomic mass is 9.86. The molecule has 1 fully saturated rings. The molecular formula is C14H29N3O. The molecule has 0 aromatic rings. The normalized spacial score (nSPS) is 24.6. The molecule has 1 aliphatic carbocycles. The van der Waals surface area contributed by atoms with Gasteiger partial charge in [-0.15, -0.1) is 0 Å². The van der Waals surface area contributed by atoms with Crippen LogP contribution in [0.3, 0.4) is 0 Å². The molecule has 0 aliphatic heterocycles. The van der Waals surface area contributed by atoms with Crippen molar-refractivity contribution in [1.29, 1.82) is 0 Å². The molecule has 0 aromatic carbocycles. The highest BCUT2D eigenvalue weighted by Gasteiger charge is 2.32.